The zero-order valence-electron chi connectivity index (χ0n) is 12.9. The quantitative estimate of drug-likeness (QED) is 0.705. The van der Waals surface area contributed by atoms with Crippen LogP contribution in [0.15, 0.2) is 50.6 Å². The SMILES string of the molecule is Cc1ccc(C=c2sc3n(c2=O)CN(c2ccc(Cl)cc2)CN=3)o1. The first-order valence-corrected chi connectivity index (χ1v) is 8.62. The van der Waals surface area contributed by atoms with Crippen molar-refractivity contribution in [1.29, 1.82) is 0 Å². The Morgan fingerprint density at radius 1 is 1.25 bits per heavy atom. The number of rotatable bonds is 2. The number of halogens is 1. The first-order chi connectivity index (χ1) is 11.6. The highest BCUT2D eigenvalue weighted by molar-refractivity contribution is 7.07. The van der Waals surface area contributed by atoms with E-state index < -0.39 is 0 Å². The molecule has 4 rings (SSSR count). The van der Waals surface area contributed by atoms with Gasteiger partial charge in [0.1, 0.15) is 24.9 Å². The second-order valence-corrected chi connectivity index (χ2v) is 6.98. The summed E-state index contributed by atoms with van der Waals surface area (Å²) in [6, 6.07) is 11.3. The number of nitrogens with zero attached hydrogens (tertiary/aromatic N) is 3. The van der Waals surface area contributed by atoms with Gasteiger partial charge in [0.15, 0.2) is 4.80 Å². The van der Waals surface area contributed by atoms with E-state index in [9.17, 15) is 4.79 Å². The maximum atomic E-state index is 12.6. The minimum Gasteiger partial charge on any atom is -0.462 e. The predicted octanol–water partition coefficient (Wildman–Crippen LogP) is 2.35. The second kappa shape index (κ2) is 5.96. The van der Waals surface area contributed by atoms with Crippen molar-refractivity contribution in [3.8, 4) is 0 Å². The van der Waals surface area contributed by atoms with E-state index in [0.29, 0.717) is 28.7 Å². The average molecular weight is 360 g/mol. The van der Waals surface area contributed by atoms with Crippen LogP contribution in [0.1, 0.15) is 11.5 Å². The molecular weight excluding hydrogens is 346 g/mol. The Bertz CT molecular complexity index is 1060. The Morgan fingerprint density at radius 3 is 2.75 bits per heavy atom. The molecule has 0 spiro atoms. The first-order valence-electron chi connectivity index (χ1n) is 7.43. The van der Waals surface area contributed by atoms with Crippen LogP contribution in [-0.4, -0.2) is 11.2 Å². The van der Waals surface area contributed by atoms with Crippen molar-refractivity contribution >= 4 is 34.7 Å². The minimum absolute atomic E-state index is 0.0496. The molecule has 0 amide bonds. The molecule has 0 saturated carbocycles. The number of fused-ring (bicyclic) bond motifs is 1. The summed E-state index contributed by atoms with van der Waals surface area (Å²) in [5, 5.41) is 0.687. The fourth-order valence-corrected chi connectivity index (χ4v) is 3.66. The van der Waals surface area contributed by atoms with E-state index in [1.54, 1.807) is 10.6 Å². The van der Waals surface area contributed by atoms with Gasteiger partial charge in [0.2, 0.25) is 0 Å². The molecule has 5 nitrogen and oxygen atoms in total. The molecule has 0 radical (unpaired) electrons. The van der Waals surface area contributed by atoms with Crippen LogP contribution in [0.3, 0.4) is 0 Å². The highest BCUT2D eigenvalue weighted by Gasteiger charge is 2.16. The lowest BCUT2D eigenvalue weighted by atomic mass is 10.3. The molecule has 1 aromatic carbocycles. The fourth-order valence-electron chi connectivity index (χ4n) is 2.59. The van der Waals surface area contributed by atoms with E-state index >= 15 is 0 Å². The van der Waals surface area contributed by atoms with Crippen LogP contribution < -0.4 is 19.8 Å². The lowest BCUT2D eigenvalue weighted by Crippen LogP contribution is -2.42. The fraction of sp³-hybridized carbons (Fsp3) is 0.176. The predicted molar refractivity (Wildman–Crippen MR) is 95.2 cm³/mol. The lowest BCUT2D eigenvalue weighted by molar-refractivity contribution is 0.524. The van der Waals surface area contributed by atoms with Crippen molar-refractivity contribution in [2.24, 2.45) is 4.99 Å². The second-order valence-electron chi connectivity index (χ2n) is 5.53. The third-order valence-corrected chi connectivity index (χ3v) is 5.10. The molecule has 0 aliphatic carbocycles. The smallest absolute Gasteiger partial charge is 0.271 e. The van der Waals surface area contributed by atoms with Crippen LogP contribution in [-0.2, 0) is 6.67 Å². The summed E-state index contributed by atoms with van der Waals surface area (Å²) < 4.78 is 7.84. The summed E-state index contributed by atoms with van der Waals surface area (Å²) in [4.78, 5) is 19.9. The number of aromatic nitrogens is 1. The van der Waals surface area contributed by atoms with Crippen LogP contribution in [0.5, 0.6) is 0 Å². The molecule has 0 atom stereocenters. The van der Waals surface area contributed by atoms with Crippen LogP contribution in [0, 0.1) is 6.92 Å². The van der Waals surface area contributed by atoms with Crippen molar-refractivity contribution in [2.45, 2.75) is 13.6 Å². The van der Waals surface area contributed by atoms with Gasteiger partial charge in [0.05, 0.1) is 4.53 Å². The Hall–Kier alpha value is -2.31. The molecule has 0 unspecified atom stereocenters. The van der Waals surface area contributed by atoms with Gasteiger partial charge in [-0.25, -0.2) is 4.99 Å². The number of hydrogen-bond donors (Lipinski definition) is 0. The number of anilines is 1. The van der Waals surface area contributed by atoms with Gasteiger partial charge in [-0.1, -0.05) is 22.9 Å². The van der Waals surface area contributed by atoms with Gasteiger partial charge in [-0.2, -0.15) is 0 Å². The van der Waals surface area contributed by atoms with Crippen LogP contribution in [0.2, 0.25) is 5.02 Å². The van der Waals surface area contributed by atoms with Gasteiger partial charge in [0, 0.05) is 16.8 Å². The summed E-state index contributed by atoms with van der Waals surface area (Å²) >= 11 is 7.32. The average Bonchev–Trinajstić information content (AvgIpc) is 3.12. The Kier molecular flexibility index (Phi) is 3.78. The molecule has 0 fully saturated rings. The summed E-state index contributed by atoms with van der Waals surface area (Å²) in [5.41, 5.74) is 0.936. The summed E-state index contributed by atoms with van der Waals surface area (Å²) in [7, 11) is 0. The monoisotopic (exact) mass is 359 g/mol. The van der Waals surface area contributed by atoms with Crippen molar-refractivity contribution in [3.63, 3.8) is 0 Å². The largest absolute Gasteiger partial charge is 0.462 e. The van der Waals surface area contributed by atoms with E-state index in [4.69, 9.17) is 16.0 Å². The minimum atomic E-state index is -0.0496. The molecule has 2 aromatic heterocycles. The van der Waals surface area contributed by atoms with Gasteiger partial charge < -0.3 is 9.32 Å². The molecule has 7 heteroatoms. The number of benzene rings is 1. The highest BCUT2D eigenvalue weighted by Crippen LogP contribution is 2.19. The summed E-state index contributed by atoms with van der Waals surface area (Å²) in [6.45, 7) is 2.87. The van der Waals surface area contributed by atoms with Gasteiger partial charge in [-0.3, -0.25) is 9.36 Å². The summed E-state index contributed by atoms with van der Waals surface area (Å²) in [5.74, 6) is 1.50. The van der Waals surface area contributed by atoms with Crippen molar-refractivity contribution in [3.05, 3.63) is 72.6 Å². The number of thiazole rings is 1. The van der Waals surface area contributed by atoms with Gasteiger partial charge >= 0.3 is 0 Å². The van der Waals surface area contributed by atoms with E-state index in [1.807, 2.05) is 48.2 Å². The standard InChI is InChI=1S/C17H14ClN3O2S/c1-11-2-7-14(23-11)8-15-16(22)21-10-20(9-19-17(21)24-15)13-5-3-12(18)4-6-13/h2-8H,9-10H2,1H3. The van der Waals surface area contributed by atoms with E-state index in [-0.39, 0.29) is 5.56 Å². The zero-order valence-corrected chi connectivity index (χ0v) is 14.5. The number of aryl methyl sites for hydroxylation is 1. The van der Waals surface area contributed by atoms with Crippen LogP contribution in [0.25, 0.3) is 6.08 Å². The van der Waals surface area contributed by atoms with Crippen molar-refractivity contribution in [1.82, 2.24) is 4.57 Å². The van der Waals surface area contributed by atoms with E-state index in [2.05, 4.69) is 4.99 Å². The zero-order chi connectivity index (χ0) is 16.7. The van der Waals surface area contributed by atoms with Crippen LogP contribution >= 0.6 is 22.9 Å². The highest BCUT2D eigenvalue weighted by atomic mass is 35.5. The van der Waals surface area contributed by atoms with Gasteiger partial charge in [-0.15, -0.1) is 0 Å². The Balaban J connectivity index is 1.71. The van der Waals surface area contributed by atoms with E-state index in [1.165, 1.54) is 11.3 Å². The first kappa shape index (κ1) is 15.2. The number of hydrogen-bond acceptors (Lipinski definition) is 5. The molecular formula is C17H14ClN3O2S. The molecule has 1 aliphatic heterocycles. The maximum absolute atomic E-state index is 12.6. The third-order valence-electron chi connectivity index (χ3n) is 3.80. The molecule has 0 bridgehead atoms. The molecule has 0 N–H and O–H groups in total. The molecule has 1 aliphatic rings. The molecule has 3 heterocycles. The Morgan fingerprint density at radius 2 is 2.04 bits per heavy atom. The van der Waals surface area contributed by atoms with Crippen molar-refractivity contribution < 1.29 is 4.42 Å². The summed E-state index contributed by atoms with van der Waals surface area (Å²) in [6.07, 6.45) is 1.77. The maximum Gasteiger partial charge on any atom is 0.271 e. The number of furan rings is 1. The van der Waals surface area contributed by atoms with Crippen molar-refractivity contribution in [2.75, 3.05) is 11.6 Å². The van der Waals surface area contributed by atoms with Gasteiger partial charge in [0.25, 0.3) is 5.56 Å². The normalized spacial score (nSPS) is 14.6. The molecule has 3 aromatic rings. The molecule has 0 saturated heterocycles. The third kappa shape index (κ3) is 2.79. The van der Waals surface area contributed by atoms with Gasteiger partial charge in [-0.05, 0) is 43.3 Å². The lowest BCUT2D eigenvalue weighted by Gasteiger charge is -2.25. The van der Waals surface area contributed by atoms with Crippen LogP contribution in [0.4, 0.5) is 5.69 Å². The molecule has 122 valence electrons. The molecule has 24 heavy (non-hydrogen) atoms. The Labute approximate surface area is 146 Å². The van der Waals surface area contributed by atoms with E-state index in [0.717, 1.165) is 16.2 Å². The topological polar surface area (TPSA) is 50.7 Å².